The molecule has 1 saturated carbocycles. The first-order valence-corrected chi connectivity index (χ1v) is 11.2. The highest BCUT2D eigenvalue weighted by Crippen LogP contribution is 2.31. The lowest BCUT2D eigenvalue weighted by atomic mass is 9.84. The van der Waals surface area contributed by atoms with Gasteiger partial charge in [0.05, 0.1) is 11.0 Å². The smallest absolute Gasteiger partial charge is 0.150 e. The van der Waals surface area contributed by atoms with Crippen LogP contribution in [0, 0.1) is 5.92 Å². The van der Waals surface area contributed by atoms with Gasteiger partial charge in [0.2, 0.25) is 0 Å². The van der Waals surface area contributed by atoms with Crippen LogP contribution in [0.1, 0.15) is 39.0 Å². The predicted octanol–water partition coefficient (Wildman–Crippen LogP) is 1.00. The fourth-order valence-electron chi connectivity index (χ4n) is 2.95. The highest BCUT2D eigenvalue weighted by atomic mass is 32.2. The summed E-state index contributed by atoms with van der Waals surface area (Å²) in [6, 6.07) is -0.130. The van der Waals surface area contributed by atoms with Crippen LogP contribution in [0.15, 0.2) is 0 Å². The Morgan fingerprint density at radius 2 is 1.80 bits per heavy atom. The van der Waals surface area contributed by atoms with Crippen molar-refractivity contribution in [2.75, 3.05) is 24.8 Å². The van der Waals surface area contributed by atoms with Gasteiger partial charge in [0.25, 0.3) is 0 Å². The van der Waals surface area contributed by atoms with E-state index in [-0.39, 0.29) is 23.0 Å². The Hall–Kier alpha value is -0.140. The summed E-state index contributed by atoms with van der Waals surface area (Å²) in [5.41, 5.74) is 0. The average molecular weight is 325 g/mol. The molecule has 0 radical (unpaired) electrons. The molecule has 1 aliphatic carbocycles. The second kappa shape index (κ2) is 7.22. The zero-order valence-corrected chi connectivity index (χ0v) is 14.3. The highest BCUT2D eigenvalue weighted by Gasteiger charge is 2.34. The van der Waals surface area contributed by atoms with Crippen molar-refractivity contribution in [1.82, 2.24) is 5.32 Å². The summed E-state index contributed by atoms with van der Waals surface area (Å²) >= 11 is 0. The fourth-order valence-corrected chi connectivity index (χ4v) is 5.19. The number of sulfone groups is 2. The molecule has 5 nitrogen and oxygen atoms in total. The van der Waals surface area contributed by atoms with Gasteiger partial charge in [-0.3, -0.25) is 0 Å². The fraction of sp³-hybridized carbons (Fsp3) is 1.00. The summed E-state index contributed by atoms with van der Waals surface area (Å²) < 4.78 is 46.6. The first-order valence-electron chi connectivity index (χ1n) is 7.23. The predicted molar refractivity (Wildman–Crippen MR) is 82.4 cm³/mol. The van der Waals surface area contributed by atoms with Gasteiger partial charge in [-0.25, -0.2) is 16.8 Å². The van der Waals surface area contributed by atoms with E-state index in [2.05, 4.69) is 5.32 Å². The van der Waals surface area contributed by atoms with Gasteiger partial charge in [-0.15, -0.1) is 0 Å². The molecule has 0 aromatic carbocycles. The van der Waals surface area contributed by atoms with Crippen LogP contribution in [-0.2, 0) is 19.7 Å². The maximum Gasteiger partial charge on any atom is 0.150 e. The van der Waals surface area contributed by atoms with Crippen molar-refractivity contribution in [2.45, 2.75) is 50.3 Å². The van der Waals surface area contributed by atoms with Gasteiger partial charge in [0.1, 0.15) is 19.7 Å². The van der Waals surface area contributed by atoms with Crippen LogP contribution in [-0.4, -0.2) is 52.9 Å². The molecule has 1 N–H and O–H groups in total. The third-order valence-electron chi connectivity index (χ3n) is 3.98. The van der Waals surface area contributed by atoms with E-state index < -0.39 is 19.7 Å². The van der Waals surface area contributed by atoms with Crippen molar-refractivity contribution >= 4 is 19.7 Å². The molecule has 0 spiro atoms. The summed E-state index contributed by atoms with van der Waals surface area (Å²) in [5, 5.41) is 2.98. The molecule has 1 fully saturated rings. The largest absolute Gasteiger partial charge is 0.313 e. The molecule has 20 heavy (non-hydrogen) atoms. The normalized spacial score (nSPS) is 26.4. The summed E-state index contributed by atoms with van der Waals surface area (Å²) in [5.74, 6) is 0.221. The Morgan fingerprint density at radius 3 is 2.30 bits per heavy atom. The average Bonchev–Trinajstić information content (AvgIpc) is 2.32. The van der Waals surface area contributed by atoms with Gasteiger partial charge in [-0.2, -0.15) is 0 Å². The molecular weight excluding hydrogens is 298 g/mol. The Balaban J connectivity index is 2.79. The first-order chi connectivity index (χ1) is 9.13. The topological polar surface area (TPSA) is 80.3 Å². The molecule has 0 heterocycles. The van der Waals surface area contributed by atoms with Gasteiger partial charge in [-0.05, 0) is 38.1 Å². The quantitative estimate of drug-likeness (QED) is 0.755. The molecule has 7 heteroatoms. The molecule has 120 valence electrons. The Morgan fingerprint density at radius 1 is 1.15 bits per heavy atom. The van der Waals surface area contributed by atoms with E-state index in [0.29, 0.717) is 12.8 Å². The van der Waals surface area contributed by atoms with Crippen LogP contribution >= 0.6 is 0 Å². The maximum atomic E-state index is 11.7. The number of hydrogen-bond donors (Lipinski definition) is 1. The molecule has 1 aliphatic rings. The number of nitrogens with one attached hydrogen (secondary N) is 1. The van der Waals surface area contributed by atoms with E-state index in [4.69, 9.17) is 0 Å². The zero-order chi connectivity index (χ0) is 15.4. The van der Waals surface area contributed by atoms with Gasteiger partial charge in [-0.1, -0.05) is 13.3 Å². The maximum absolute atomic E-state index is 11.7. The minimum atomic E-state index is -3.07. The van der Waals surface area contributed by atoms with Crippen molar-refractivity contribution in [3.63, 3.8) is 0 Å². The van der Waals surface area contributed by atoms with Crippen LogP contribution in [0.3, 0.4) is 0 Å². The molecule has 0 aliphatic heterocycles. The molecular formula is C13H27NO4S2. The summed E-state index contributed by atoms with van der Waals surface area (Å²) in [6.07, 6.45) is 6.50. The minimum Gasteiger partial charge on any atom is -0.313 e. The Bertz CT molecular complexity index is 498. The van der Waals surface area contributed by atoms with E-state index >= 15 is 0 Å². The van der Waals surface area contributed by atoms with E-state index in [0.717, 1.165) is 25.8 Å². The van der Waals surface area contributed by atoms with E-state index in [1.54, 1.807) is 0 Å². The van der Waals surface area contributed by atoms with E-state index in [9.17, 15) is 16.8 Å². The van der Waals surface area contributed by atoms with E-state index in [1.807, 2.05) is 6.92 Å². The monoisotopic (exact) mass is 325 g/mol. The standard InChI is InChI=1S/C13H27NO4S2/c1-4-8-14-13(10-19(2,15)16)11-6-5-7-12(9-11)20(3,17)18/h11-14H,4-10H2,1-3H3. The van der Waals surface area contributed by atoms with Gasteiger partial charge in [0, 0.05) is 18.6 Å². The highest BCUT2D eigenvalue weighted by molar-refractivity contribution is 7.91. The Labute approximate surface area is 123 Å². The summed E-state index contributed by atoms with van der Waals surface area (Å²) in [7, 11) is -6.10. The van der Waals surface area contributed by atoms with Crippen molar-refractivity contribution in [3.05, 3.63) is 0 Å². The van der Waals surface area contributed by atoms with Crippen LogP contribution in [0.4, 0.5) is 0 Å². The lowest BCUT2D eigenvalue weighted by molar-refractivity contribution is 0.284. The molecule has 1 rings (SSSR count). The van der Waals surface area contributed by atoms with Crippen LogP contribution in [0.5, 0.6) is 0 Å². The van der Waals surface area contributed by atoms with Gasteiger partial charge >= 0.3 is 0 Å². The van der Waals surface area contributed by atoms with Crippen molar-refractivity contribution < 1.29 is 16.8 Å². The molecule has 0 saturated heterocycles. The van der Waals surface area contributed by atoms with E-state index in [1.165, 1.54) is 12.5 Å². The Kier molecular flexibility index (Phi) is 6.47. The summed E-state index contributed by atoms with van der Waals surface area (Å²) in [6.45, 7) is 2.80. The lowest BCUT2D eigenvalue weighted by Crippen LogP contribution is -2.45. The number of hydrogen-bond acceptors (Lipinski definition) is 5. The van der Waals surface area contributed by atoms with Gasteiger partial charge < -0.3 is 5.32 Å². The molecule has 0 amide bonds. The molecule has 3 unspecified atom stereocenters. The number of rotatable bonds is 7. The molecule has 0 bridgehead atoms. The SMILES string of the molecule is CCCNC(CS(C)(=O)=O)C1CCCC(S(C)(=O)=O)C1. The van der Waals surface area contributed by atoms with Crippen molar-refractivity contribution in [1.29, 1.82) is 0 Å². The molecule has 3 atom stereocenters. The van der Waals surface area contributed by atoms with Crippen LogP contribution in [0.2, 0.25) is 0 Å². The zero-order valence-electron chi connectivity index (χ0n) is 12.6. The third-order valence-corrected chi connectivity index (χ3v) is 6.58. The van der Waals surface area contributed by atoms with Crippen molar-refractivity contribution in [3.8, 4) is 0 Å². The first kappa shape index (κ1) is 17.9. The molecule has 0 aromatic rings. The van der Waals surface area contributed by atoms with Gasteiger partial charge in [0.15, 0.2) is 0 Å². The molecule has 0 aromatic heterocycles. The van der Waals surface area contributed by atoms with Crippen LogP contribution in [0.25, 0.3) is 0 Å². The second-order valence-corrected chi connectivity index (χ2v) is 10.5. The van der Waals surface area contributed by atoms with Crippen LogP contribution < -0.4 is 5.32 Å². The second-order valence-electron chi connectivity index (χ2n) is 6.03. The van der Waals surface area contributed by atoms with Crippen molar-refractivity contribution in [2.24, 2.45) is 5.92 Å². The third kappa shape index (κ3) is 6.10. The minimum absolute atomic E-state index is 0.0914. The summed E-state index contributed by atoms with van der Waals surface area (Å²) in [4.78, 5) is 0. The lowest BCUT2D eigenvalue weighted by Gasteiger charge is -2.34.